The van der Waals surface area contributed by atoms with Gasteiger partial charge in [0, 0.05) is 32.7 Å². The van der Waals surface area contributed by atoms with Gasteiger partial charge in [0.25, 0.3) is 0 Å². The SMILES string of the molecule is CN[C@@H](CCCCNC(=O)N1CCN(CC(=O)O)CC1)C(C)=O. The molecular weight excluding hydrogens is 300 g/mol. The number of nitrogens with one attached hydrogen (secondary N) is 2. The van der Waals surface area contributed by atoms with Crippen molar-refractivity contribution in [3.05, 3.63) is 0 Å². The molecule has 3 N–H and O–H groups in total. The second-order valence-electron chi connectivity index (χ2n) is 5.84. The molecule has 0 aromatic rings. The summed E-state index contributed by atoms with van der Waals surface area (Å²) in [5, 5.41) is 14.6. The third-order valence-corrected chi connectivity index (χ3v) is 4.05. The number of unbranched alkanes of at least 4 members (excludes halogenated alkanes) is 1. The van der Waals surface area contributed by atoms with Crippen molar-refractivity contribution in [2.24, 2.45) is 0 Å². The Kier molecular flexibility index (Phi) is 8.57. The summed E-state index contributed by atoms with van der Waals surface area (Å²) >= 11 is 0. The summed E-state index contributed by atoms with van der Waals surface area (Å²) in [4.78, 5) is 37.4. The second kappa shape index (κ2) is 10.2. The molecule has 0 aromatic carbocycles. The van der Waals surface area contributed by atoms with Crippen molar-refractivity contribution < 1.29 is 19.5 Å². The molecule has 1 heterocycles. The Bertz CT molecular complexity index is 408. The maximum Gasteiger partial charge on any atom is 0.317 e. The molecular formula is C15H28N4O4. The fraction of sp³-hybridized carbons (Fsp3) is 0.800. The van der Waals surface area contributed by atoms with Gasteiger partial charge in [-0.1, -0.05) is 0 Å². The van der Waals surface area contributed by atoms with Gasteiger partial charge in [-0.05, 0) is 33.2 Å². The molecule has 0 aliphatic carbocycles. The number of Topliss-reactive ketones (excluding diaryl/α,β-unsaturated/α-hetero) is 1. The van der Waals surface area contributed by atoms with E-state index in [2.05, 4.69) is 10.6 Å². The average molecular weight is 328 g/mol. The molecule has 1 saturated heterocycles. The minimum absolute atomic E-state index is 0.0260. The standard InChI is InChI=1S/C15H28N4O4/c1-12(20)13(16-2)5-3-4-6-17-15(23)19-9-7-18(8-10-19)11-14(21)22/h13,16H,3-11H2,1-2H3,(H,17,23)(H,21,22)/t13-/m0/s1. The number of piperazine rings is 1. The molecule has 0 radical (unpaired) electrons. The van der Waals surface area contributed by atoms with Gasteiger partial charge in [-0.15, -0.1) is 0 Å². The molecule has 2 amide bonds. The van der Waals surface area contributed by atoms with Gasteiger partial charge >= 0.3 is 12.0 Å². The van der Waals surface area contributed by atoms with Gasteiger partial charge in [-0.2, -0.15) is 0 Å². The van der Waals surface area contributed by atoms with E-state index in [-0.39, 0.29) is 24.4 Å². The number of carbonyl (C=O) groups excluding carboxylic acids is 2. The Morgan fingerprint density at radius 1 is 1.13 bits per heavy atom. The molecule has 23 heavy (non-hydrogen) atoms. The van der Waals surface area contributed by atoms with E-state index in [1.165, 1.54) is 0 Å². The number of amides is 2. The lowest BCUT2D eigenvalue weighted by molar-refractivity contribution is -0.138. The molecule has 0 bridgehead atoms. The summed E-state index contributed by atoms with van der Waals surface area (Å²) in [6, 6.07) is -0.204. The number of hydrogen-bond donors (Lipinski definition) is 3. The Morgan fingerprint density at radius 2 is 1.78 bits per heavy atom. The quantitative estimate of drug-likeness (QED) is 0.504. The third kappa shape index (κ3) is 7.43. The van der Waals surface area contributed by atoms with Crippen molar-refractivity contribution in [1.29, 1.82) is 0 Å². The van der Waals surface area contributed by atoms with E-state index in [9.17, 15) is 14.4 Å². The Hall–Kier alpha value is -1.67. The van der Waals surface area contributed by atoms with Crippen LogP contribution < -0.4 is 10.6 Å². The minimum atomic E-state index is -0.840. The number of aliphatic carboxylic acids is 1. The minimum Gasteiger partial charge on any atom is -0.480 e. The van der Waals surface area contributed by atoms with Crippen molar-refractivity contribution in [2.45, 2.75) is 32.2 Å². The largest absolute Gasteiger partial charge is 0.480 e. The number of carbonyl (C=O) groups is 3. The lowest BCUT2D eigenvalue weighted by atomic mass is 10.1. The first-order valence-corrected chi connectivity index (χ1v) is 8.08. The summed E-state index contributed by atoms with van der Waals surface area (Å²) in [6.45, 7) is 4.45. The van der Waals surface area contributed by atoms with E-state index < -0.39 is 5.97 Å². The molecule has 0 saturated carbocycles. The van der Waals surface area contributed by atoms with E-state index in [0.29, 0.717) is 32.7 Å². The van der Waals surface area contributed by atoms with Crippen LogP contribution in [0.4, 0.5) is 4.79 Å². The summed E-state index contributed by atoms with van der Waals surface area (Å²) in [7, 11) is 1.78. The zero-order valence-corrected chi connectivity index (χ0v) is 14.0. The smallest absolute Gasteiger partial charge is 0.317 e. The molecule has 1 fully saturated rings. The van der Waals surface area contributed by atoms with Crippen LogP contribution in [0.15, 0.2) is 0 Å². The molecule has 8 nitrogen and oxygen atoms in total. The van der Waals surface area contributed by atoms with Crippen LogP contribution in [-0.4, -0.2) is 85.0 Å². The summed E-state index contributed by atoms with van der Waals surface area (Å²) in [5.74, 6) is -0.705. The van der Waals surface area contributed by atoms with Crippen molar-refractivity contribution in [2.75, 3.05) is 46.3 Å². The number of nitrogens with zero attached hydrogens (tertiary/aromatic N) is 2. The van der Waals surface area contributed by atoms with Gasteiger partial charge < -0.3 is 20.6 Å². The molecule has 1 aliphatic rings. The number of carboxylic acids is 1. The van der Waals surface area contributed by atoms with Crippen LogP contribution >= 0.6 is 0 Å². The zero-order chi connectivity index (χ0) is 17.2. The van der Waals surface area contributed by atoms with Gasteiger partial charge in [0.2, 0.25) is 0 Å². The third-order valence-electron chi connectivity index (χ3n) is 4.05. The summed E-state index contributed by atoms with van der Waals surface area (Å²) in [6.07, 6.45) is 2.48. The van der Waals surface area contributed by atoms with Crippen molar-refractivity contribution >= 4 is 17.8 Å². The van der Waals surface area contributed by atoms with Crippen molar-refractivity contribution in [3.8, 4) is 0 Å². The highest BCUT2D eigenvalue weighted by Crippen LogP contribution is 2.03. The topological polar surface area (TPSA) is 102 Å². The number of likely N-dealkylation sites (N-methyl/N-ethyl adjacent to an activating group) is 1. The van der Waals surface area contributed by atoms with Crippen LogP contribution in [0.25, 0.3) is 0 Å². The fourth-order valence-electron chi connectivity index (χ4n) is 2.63. The van der Waals surface area contributed by atoms with Crippen LogP contribution in [0.5, 0.6) is 0 Å². The lowest BCUT2D eigenvalue weighted by Crippen LogP contribution is -2.52. The predicted octanol–water partition coefficient (Wildman–Crippen LogP) is -0.254. The summed E-state index contributed by atoms with van der Waals surface area (Å²) in [5.41, 5.74) is 0. The molecule has 0 unspecified atom stereocenters. The molecule has 1 rings (SSSR count). The normalized spacial score (nSPS) is 16.9. The molecule has 1 aliphatic heterocycles. The van der Waals surface area contributed by atoms with Crippen LogP contribution in [0, 0.1) is 0 Å². The van der Waals surface area contributed by atoms with E-state index in [4.69, 9.17) is 5.11 Å². The number of carboxylic acid groups (broad SMARTS) is 1. The van der Waals surface area contributed by atoms with E-state index in [0.717, 1.165) is 19.3 Å². The number of hydrogen-bond acceptors (Lipinski definition) is 5. The highest BCUT2D eigenvalue weighted by molar-refractivity contribution is 5.81. The number of ketones is 1. The van der Waals surface area contributed by atoms with Gasteiger partial charge in [0.1, 0.15) is 5.78 Å². The van der Waals surface area contributed by atoms with Crippen LogP contribution in [0.1, 0.15) is 26.2 Å². The Labute approximate surface area is 137 Å². The highest BCUT2D eigenvalue weighted by atomic mass is 16.4. The first-order valence-electron chi connectivity index (χ1n) is 8.08. The number of rotatable bonds is 9. The maximum absolute atomic E-state index is 12.0. The maximum atomic E-state index is 12.0. The average Bonchev–Trinajstić information content (AvgIpc) is 2.50. The Balaban J connectivity index is 2.13. The molecule has 0 aromatic heterocycles. The highest BCUT2D eigenvalue weighted by Gasteiger charge is 2.21. The first-order chi connectivity index (χ1) is 10.9. The lowest BCUT2D eigenvalue weighted by Gasteiger charge is -2.33. The van der Waals surface area contributed by atoms with E-state index in [1.54, 1.807) is 18.9 Å². The van der Waals surface area contributed by atoms with Gasteiger partial charge in [0.15, 0.2) is 0 Å². The fourth-order valence-corrected chi connectivity index (χ4v) is 2.63. The van der Waals surface area contributed by atoms with Gasteiger partial charge in [0.05, 0.1) is 12.6 Å². The zero-order valence-electron chi connectivity index (χ0n) is 14.0. The van der Waals surface area contributed by atoms with Crippen LogP contribution in [0.3, 0.4) is 0 Å². The monoisotopic (exact) mass is 328 g/mol. The van der Waals surface area contributed by atoms with Gasteiger partial charge in [-0.25, -0.2) is 4.79 Å². The molecule has 8 heteroatoms. The molecule has 132 valence electrons. The molecule has 1 atom stereocenters. The van der Waals surface area contributed by atoms with Crippen molar-refractivity contribution in [3.63, 3.8) is 0 Å². The van der Waals surface area contributed by atoms with Crippen LogP contribution in [-0.2, 0) is 9.59 Å². The molecule has 0 spiro atoms. The summed E-state index contributed by atoms with van der Waals surface area (Å²) < 4.78 is 0. The second-order valence-corrected chi connectivity index (χ2v) is 5.84. The van der Waals surface area contributed by atoms with E-state index in [1.807, 2.05) is 4.90 Å². The van der Waals surface area contributed by atoms with E-state index >= 15 is 0 Å². The van der Waals surface area contributed by atoms with Crippen LogP contribution in [0.2, 0.25) is 0 Å². The number of urea groups is 1. The van der Waals surface area contributed by atoms with Crippen molar-refractivity contribution in [1.82, 2.24) is 20.4 Å². The first kappa shape index (κ1) is 19.4. The van der Waals surface area contributed by atoms with Gasteiger partial charge in [-0.3, -0.25) is 14.5 Å². The predicted molar refractivity (Wildman–Crippen MR) is 86.4 cm³/mol. The Morgan fingerprint density at radius 3 is 2.30 bits per heavy atom.